The van der Waals surface area contributed by atoms with E-state index in [1.165, 1.54) is 18.0 Å². The lowest BCUT2D eigenvalue weighted by Gasteiger charge is -2.19. The van der Waals surface area contributed by atoms with Crippen LogP contribution in [0.15, 0.2) is 24.4 Å². The Morgan fingerprint density at radius 3 is 3.00 bits per heavy atom. The molecule has 1 amide bonds. The van der Waals surface area contributed by atoms with Crippen molar-refractivity contribution >= 4 is 29.4 Å². The number of aliphatic carboxylic acids is 1. The predicted octanol–water partition coefficient (Wildman–Crippen LogP) is 2.43. The van der Waals surface area contributed by atoms with Crippen LogP contribution < -0.4 is 5.32 Å². The first-order chi connectivity index (χ1) is 13.4. The van der Waals surface area contributed by atoms with Gasteiger partial charge in [-0.15, -0.1) is 0 Å². The summed E-state index contributed by atoms with van der Waals surface area (Å²) in [5.41, 5.74) is 2.45. The van der Waals surface area contributed by atoms with Crippen molar-refractivity contribution in [2.75, 3.05) is 18.5 Å². The summed E-state index contributed by atoms with van der Waals surface area (Å²) in [6.45, 7) is 3.08. The van der Waals surface area contributed by atoms with Crippen molar-refractivity contribution in [2.45, 2.75) is 32.0 Å². The molecule has 1 saturated heterocycles. The fraction of sp³-hybridized carbons (Fsp3) is 0.368. The highest BCUT2D eigenvalue weighted by atomic mass is 35.5. The van der Waals surface area contributed by atoms with E-state index in [1.807, 2.05) is 12.1 Å². The van der Waals surface area contributed by atoms with Gasteiger partial charge in [-0.3, -0.25) is 4.79 Å². The molecule has 146 valence electrons. The number of carboxylic acids is 1. The quantitative estimate of drug-likeness (QED) is 0.791. The number of ether oxygens (including phenoxy) is 1. The van der Waals surface area contributed by atoms with Crippen molar-refractivity contribution in [3.8, 4) is 11.3 Å². The molecule has 2 aromatic rings. The molecule has 2 atom stereocenters. The molecule has 3 heterocycles. The summed E-state index contributed by atoms with van der Waals surface area (Å²) in [5, 5.41) is 12.8. The van der Waals surface area contributed by atoms with Gasteiger partial charge in [0.25, 0.3) is 5.91 Å². The SMILES string of the molecule is C[C@H](C(=O)O)N1Cc2ccc(-c3nc(NC4CCOC4)ncc3Cl)cc2C1=O. The van der Waals surface area contributed by atoms with Gasteiger partial charge in [-0.05, 0) is 25.0 Å². The number of halogens is 1. The van der Waals surface area contributed by atoms with Crippen molar-refractivity contribution < 1.29 is 19.4 Å². The van der Waals surface area contributed by atoms with E-state index in [-0.39, 0.29) is 18.5 Å². The van der Waals surface area contributed by atoms with Crippen LogP contribution in [0.2, 0.25) is 5.02 Å². The number of fused-ring (bicyclic) bond motifs is 1. The Kier molecular flexibility index (Phi) is 4.91. The van der Waals surface area contributed by atoms with E-state index in [4.69, 9.17) is 16.3 Å². The predicted molar refractivity (Wildman–Crippen MR) is 102 cm³/mol. The molecule has 0 aliphatic carbocycles. The molecule has 9 heteroatoms. The molecule has 0 radical (unpaired) electrons. The summed E-state index contributed by atoms with van der Waals surface area (Å²) in [6, 6.07) is 4.62. The van der Waals surface area contributed by atoms with Crippen LogP contribution in [0.3, 0.4) is 0 Å². The Hall–Kier alpha value is -2.71. The van der Waals surface area contributed by atoms with E-state index in [9.17, 15) is 14.7 Å². The number of amides is 1. The number of carbonyl (C=O) groups excluding carboxylic acids is 1. The maximum atomic E-state index is 12.7. The Morgan fingerprint density at radius 2 is 2.29 bits per heavy atom. The third kappa shape index (κ3) is 3.41. The van der Waals surface area contributed by atoms with Crippen molar-refractivity contribution in [1.29, 1.82) is 0 Å². The molecule has 1 aromatic heterocycles. The van der Waals surface area contributed by atoms with Gasteiger partial charge in [0.05, 0.1) is 29.6 Å². The van der Waals surface area contributed by atoms with Gasteiger partial charge in [-0.1, -0.05) is 23.7 Å². The number of aromatic nitrogens is 2. The highest BCUT2D eigenvalue weighted by Gasteiger charge is 2.34. The molecule has 0 bridgehead atoms. The first kappa shape index (κ1) is 18.6. The third-order valence-corrected chi connectivity index (χ3v) is 5.32. The van der Waals surface area contributed by atoms with Crippen molar-refractivity contribution in [2.24, 2.45) is 0 Å². The van der Waals surface area contributed by atoms with Gasteiger partial charge in [-0.25, -0.2) is 14.8 Å². The number of hydrogen-bond donors (Lipinski definition) is 2. The van der Waals surface area contributed by atoms with Crippen LogP contribution in [0.5, 0.6) is 0 Å². The Balaban J connectivity index is 1.63. The maximum absolute atomic E-state index is 12.7. The monoisotopic (exact) mass is 402 g/mol. The minimum absolute atomic E-state index is 0.154. The normalized spacial score (nSPS) is 19.6. The molecule has 0 saturated carbocycles. The van der Waals surface area contributed by atoms with Gasteiger partial charge in [0.15, 0.2) is 0 Å². The molecule has 1 aromatic carbocycles. The fourth-order valence-electron chi connectivity index (χ4n) is 3.39. The number of rotatable bonds is 5. The minimum atomic E-state index is -1.04. The maximum Gasteiger partial charge on any atom is 0.326 e. The second-order valence-electron chi connectivity index (χ2n) is 6.91. The van der Waals surface area contributed by atoms with Crippen LogP contribution in [-0.2, 0) is 16.1 Å². The van der Waals surface area contributed by atoms with Crippen LogP contribution in [0, 0.1) is 0 Å². The molecule has 1 unspecified atom stereocenters. The van der Waals surface area contributed by atoms with Gasteiger partial charge in [0.1, 0.15) is 6.04 Å². The number of nitrogens with zero attached hydrogens (tertiary/aromatic N) is 3. The summed E-state index contributed by atoms with van der Waals surface area (Å²) in [6.07, 6.45) is 2.40. The third-order valence-electron chi connectivity index (χ3n) is 5.05. The molecule has 0 spiro atoms. The standard InChI is InChI=1S/C19H19ClN4O4/c1-10(18(26)27)24-8-12-3-2-11(6-14(12)17(24)25)16-15(20)7-21-19(23-16)22-13-4-5-28-9-13/h2-3,6-7,10,13H,4-5,8-9H2,1H3,(H,26,27)(H,21,22,23)/t10-,13?/m1/s1. The van der Waals surface area contributed by atoms with Gasteiger partial charge in [0, 0.05) is 24.3 Å². The van der Waals surface area contributed by atoms with E-state index >= 15 is 0 Å². The molecule has 2 aliphatic heterocycles. The van der Waals surface area contributed by atoms with E-state index in [0.29, 0.717) is 41.0 Å². The Labute approximate surface area is 166 Å². The number of benzene rings is 1. The van der Waals surface area contributed by atoms with E-state index in [2.05, 4.69) is 15.3 Å². The zero-order valence-corrected chi connectivity index (χ0v) is 15.9. The summed E-state index contributed by atoms with van der Waals surface area (Å²) in [4.78, 5) is 34.0. The first-order valence-electron chi connectivity index (χ1n) is 8.98. The number of nitrogens with one attached hydrogen (secondary N) is 1. The van der Waals surface area contributed by atoms with E-state index in [1.54, 1.807) is 6.07 Å². The van der Waals surface area contributed by atoms with Crippen LogP contribution in [0.1, 0.15) is 29.3 Å². The van der Waals surface area contributed by atoms with Gasteiger partial charge >= 0.3 is 5.97 Å². The van der Waals surface area contributed by atoms with Crippen LogP contribution in [0.4, 0.5) is 5.95 Å². The van der Waals surface area contributed by atoms with Crippen LogP contribution in [0.25, 0.3) is 11.3 Å². The number of hydrogen-bond acceptors (Lipinski definition) is 6. The van der Waals surface area contributed by atoms with Crippen LogP contribution >= 0.6 is 11.6 Å². The zero-order chi connectivity index (χ0) is 19.8. The second-order valence-corrected chi connectivity index (χ2v) is 7.32. The van der Waals surface area contributed by atoms with Crippen molar-refractivity contribution in [3.63, 3.8) is 0 Å². The topological polar surface area (TPSA) is 105 Å². The molecular weight excluding hydrogens is 384 g/mol. The largest absolute Gasteiger partial charge is 0.480 e. The smallest absolute Gasteiger partial charge is 0.326 e. The first-order valence-corrected chi connectivity index (χ1v) is 9.35. The lowest BCUT2D eigenvalue weighted by Crippen LogP contribution is -2.38. The molecular formula is C19H19ClN4O4. The van der Waals surface area contributed by atoms with Crippen molar-refractivity contribution in [3.05, 3.63) is 40.5 Å². The highest BCUT2D eigenvalue weighted by Crippen LogP contribution is 2.32. The van der Waals surface area contributed by atoms with E-state index in [0.717, 1.165) is 12.0 Å². The Morgan fingerprint density at radius 1 is 1.46 bits per heavy atom. The summed E-state index contributed by atoms with van der Waals surface area (Å²) in [5.74, 6) is -0.895. The summed E-state index contributed by atoms with van der Waals surface area (Å²) >= 11 is 6.30. The fourth-order valence-corrected chi connectivity index (χ4v) is 3.59. The molecule has 28 heavy (non-hydrogen) atoms. The number of carboxylic acid groups (broad SMARTS) is 1. The van der Waals surface area contributed by atoms with E-state index < -0.39 is 12.0 Å². The number of anilines is 1. The average molecular weight is 403 g/mol. The lowest BCUT2D eigenvalue weighted by atomic mass is 10.0. The molecule has 8 nitrogen and oxygen atoms in total. The van der Waals surface area contributed by atoms with Gasteiger partial charge in [-0.2, -0.15) is 0 Å². The second kappa shape index (κ2) is 7.37. The zero-order valence-electron chi connectivity index (χ0n) is 15.2. The molecule has 4 rings (SSSR count). The highest BCUT2D eigenvalue weighted by molar-refractivity contribution is 6.33. The van der Waals surface area contributed by atoms with Gasteiger partial charge < -0.3 is 20.1 Å². The van der Waals surface area contributed by atoms with Crippen LogP contribution in [-0.4, -0.2) is 57.1 Å². The van der Waals surface area contributed by atoms with Gasteiger partial charge in [0.2, 0.25) is 5.95 Å². The molecule has 2 N–H and O–H groups in total. The summed E-state index contributed by atoms with van der Waals surface area (Å²) < 4.78 is 5.35. The number of carbonyl (C=O) groups is 2. The Bertz CT molecular complexity index is 946. The molecule has 2 aliphatic rings. The average Bonchev–Trinajstić information content (AvgIpc) is 3.30. The molecule has 1 fully saturated rings. The lowest BCUT2D eigenvalue weighted by molar-refractivity contribution is -0.141. The minimum Gasteiger partial charge on any atom is -0.480 e. The van der Waals surface area contributed by atoms with Crippen molar-refractivity contribution in [1.82, 2.24) is 14.9 Å². The summed E-state index contributed by atoms with van der Waals surface area (Å²) in [7, 11) is 0.